The molecule has 1 amide bonds. The maximum absolute atomic E-state index is 12.6. The van der Waals surface area contributed by atoms with Crippen LogP contribution in [-0.2, 0) is 19.6 Å². The zero-order valence-electron chi connectivity index (χ0n) is 14.6. The molecule has 0 bridgehead atoms. The van der Waals surface area contributed by atoms with Crippen molar-refractivity contribution in [2.75, 3.05) is 39.0 Å². The molecule has 1 unspecified atom stereocenters. The van der Waals surface area contributed by atoms with E-state index in [9.17, 15) is 23.1 Å². The maximum atomic E-state index is 12.6. The lowest BCUT2D eigenvalue weighted by atomic mass is 10.1. The number of hydrogen-bond donors (Lipinski definition) is 2. The Kier molecular flexibility index (Phi) is 6.21. The molecule has 1 aromatic carbocycles. The Morgan fingerprint density at radius 3 is 2.65 bits per heavy atom. The van der Waals surface area contributed by atoms with Crippen molar-refractivity contribution in [2.24, 2.45) is 0 Å². The number of ether oxygens (including phenoxy) is 1. The number of carboxylic acids is 1. The van der Waals surface area contributed by atoms with Gasteiger partial charge in [-0.05, 0) is 24.6 Å². The molecule has 1 heterocycles. The largest absolute Gasteiger partial charge is 0.507 e. The second-order valence-corrected chi connectivity index (χ2v) is 8.20. The molecule has 1 saturated heterocycles. The van der Waals surface area contributed by atoms with Crippen molar-refractivity contribution in [1.29, 1.82) is 0 Å². The van der Waals surface area contributed by atoms with Crippen LogP contribution >= 0.6 is 0 Å². The minimum Gasteiger partial charge on any atom is -0.507 e. The number of phenolic OH excluding ortho intramolecular Hbond substituents is 1. The van der Waals surface area contributed by atoms with Gasteiger partial charge in [-0.1, -0.05) is 6.07 Å². The van der Waals surface area contributed by atoms with E-state index in [-0.39, 0.29) is 36.9 Å². The lowest BCUT2D eigenvalue weighted by Gasteiger charge is -2.35. The second-order valence-electron chi connectivity index (χ2n) is 6.21. The summed E-state index contributed by atoms with van der Waals surface area (Å²) in [4.78, 5) is 25.0. The van der Waals surface area contributed by atoms with Crippen molar-refractivity contribution >= 4 is 21.9 Å². The zero-order chi connectivity index (χ0) is 19.5. The van der Waals surface area contributed by atoms with E-state index in [1.807, 2.05) is 0 Å². The molecule has 0 spiro atoms. The lowest BCUT2D eigenvalue weighted by Crippen LogP contribution is -2.51. The zero-order valence-corrected chi connectivity index (χ0v) is 15.4. The number of carbonyl (C=O) groups excluding carboxylic acids is 1. The van der Waals surface area contributed by atoms with E-state index in [2.05, 4.69) is 0 Å². The van der Waals surface area contributed by atoms with Gasteiger partial charge in [0.15, 0.2) is 0 Å². The van der Waals surface area contributed by atoms with Gasteiger partial charge in [-0.15, -0.1) is 0 Å². The summed E-state index contributed by atoms with van der Waals surface area (Å²) < 4.78 is 29.8. The molecule has 0 aliphatic carbocycles. The molecule has 1 aliphatic heterocycles. The van der Waals surface area contributed by atoms with Gasteiger partial charge in [0.05, 0.1) is 24.5 Å². The Morgan fingerprint density at radius 1 is 1.38 bits per heavy atom. The molecule has 144 valence electrons. The first kappa shape index (κ1) is 20.1. The van der Waals surface area contributed by atoms with Crippen LogP contribution in [0, 0.1) is 6.92 Å². The molecule has 1 atom stereocenters. The van der Waals surface area contributed by atoms with Crippen LogP contribution < -0.4 is 0 Å². The maximum Gasteiger partial charge on any atom is 0.318 e. The van der Waals surface area contributed by atoms with Crippen molar-refractivity contribution in [3.63, 3.8) is 0 Å². The highest BCUT2D eigenvalue weighted by molar-refractivity contribution is 7.88. The van der Waals surface area contributed by atoms with Gasteiger partial charge in [-0.25, -0.2) is 8.42 Å². The van der Waals surface area contributed by atoms with Gasteiger partial charge < -0.3 is 19.8 Å². The first-order valence-corrected chi connectivity index (χ1v) is 9.80. The van der Waals surface area contributed by atoms with E-state index >= 15 is 0 Å². The van der Waals surface area contributed by atoms with Crippen LogP contribution in [0.1, 0.15) is 15.9 Å². The minimum atomic E-state index is -3.73. The van der Waals surface area contributed by atoms with Crippen molar-refractivity contribution in [1.82, 2.24) is 9.21 Å². The summed E-state index contributed by atoms with van der Waals surface area (Å²) in [7, 11) is -3.73. The van der Waals surface area contributed by atoms with Gasteiger partial charge in [0.25, 0.3) is 5.91 Å². The van der Waals surface area contributed by atoms with Crippen LogP contribution in [-0.4, -0.2) is 84.9 Å². The van der Waals surface area contributed by atoms with Crippen LogP contribution in [0.5, 0.6) is 5.75 Å². The van der Waals surface area contributed by atoms with Crippen molar-refractivity contribution in [2.45, 2.75) is 13.0 Å². The first-order chi connectivity index (χ1) is 12.1. The van der Waals surface area contributed by atoms with Crippen LogP contribution in [0.4, 0.5) is 0 Å². The molecule has 0 aromatic heterocycles. The first-order valence-electron chi connectivity index (χ1n) is 7.95. The fourth-order valence-electron chi connectivity index (χ4n) is 2.70. The number of aromatic hydroxyl groups is 1. The Balaban J connectivity index is 2.10. The number of phenols is 1. The smallest absolute Gasteiger partial charge is 0.318 e. The van der Waals surface area contributed by atoms with Crippen LogP contribution in [0.3, 0.4) is 0 Å². The topological polar surface area (TPSA) is 124 Å². The van der Waals surface area contributed by atoms with E-state index in [0.717, 1.165) is 16.1 Å². The van der Waals surface area contributed by atoms with E-state index in [4.69, 9.17) is 9.84 Å². The lowest BCUT2D eigenvalue weighted by molar-refractivity contribution is -0.137. The van der Waals surface area contributed by atoms with Gasteiger partial charge in [0, 0.05) is 19.6 Å². The third-order valence-corrected chi connectivity index (χ3v) is 5.21. The van der Waals surface area contributed by atoms with Gasteiger partial charge >= 0.3 is 5.97 Å². The fourth-order valence-corrected chi connectivity index (χ4v) is 3.48. The van der Waals surface area contributed by atoms with E-state index in [1.165, 1.54) is 17.0 Å². The molecule has 2 rings (SSSR count). The fraction of sp³-hybridized carbons (Fsp3) is 0.500. The Bertz CT molecular complexity index is 794. The third-order valence-electron chi connectivity index (χ3n) is 4.00. The summed E-state index contributed by atoms with van der Waals surface area (Å²) in [5, 5.41) is 18.9. The van der Waals surface area contributed by atoms with E-state index < -0.39 is 28.6 Å². The highest BCUT2D eigenvalue weighted by Gasteiger charge is 2.30. The monoisotopic (exact) mass is 386 g/mol. The highest BCUT2D eigenvalue weighted by atomic mass is 32.2. The number of rotatable bonds is 6. The molecule has 0 radical (unpaired) electrons. The molecule has 0 saturated carbocycles. The minimum absolute atomic E-state index is 0.0950. The molecule has 26 heavy (non-hydrogen) atoms. The Morgan fingerprint density at radius 2 is 2.08 bits per heavy atom. The summed E-state index contributed by atoms with van der Waals surface area (Å²) >= 11 is 0. The van der Waals surface area contributed by atoms with Crippen molar-refractivity contribution < 1.29 is 33.0 Å². The average Bonchev–Trinajstić information content (AvgIpc) is 2.53. The van der Waals surface area contributed by atoms with Crippen LogP contribution in [0.25, 0.3) is 0 Å². The molecule has 2 N–H and O–H groups in total. The van der Waals surface area contributed by atoms with Gasteiger partial charge in [0.1, 0.15) is 12.3 Å². The second kappa shape index (κ2) is 8.02. The average molecular weight is 386 g/mol. The number of carbonyl (C=O) groups is 2. The Hall–Kier alpha value is -2.17. The molecule has 1 fully saturated rings. The molecule has 10 heteroatoms. The summed E-state index contributed by atoms with van der Waals surface area (Å²) in [6.45, 7) is 1.52. The molecule has 1 aliphatic rings. The Labute approximate surface area is 151 Å². The van der Waals surface area contributed by atoms with Crippen LogP contribution in [0.15, 0.2) is 18.2 Å². The highest BCUT2D eigenvalue weighted by Crippen LogP contribution is 2.21. The van der Waals surface area contributed by atoms with Gasteiger partial charge in [-0.2, -0.15) is 4.31 Å². The van der Waals surface area contributed by atoms with Gasteiger partial charge in [0.2, 0.25) is 10.0 Å². The van der Waals surface area contributed by atoms with E-state index in [1.54, 1.807) is 13.0 Å². The predicted molar refractivity (Wildman–Crippen MR) is 92.5 cm³/mol. The number of hydrogen-bond acceptors (Lipinski definition) is 6. The number of morpholine rings is 1. The van der Waals surface area contributed by atoms with E-state index in [0.29, 0.717) is 6.54 Å². The van der Waals surface area contributed by atoms with Gasteiger partial charge in [-0.3, -0.25) is 9.59 Å². The number of aryl methyl sites for hydroxylation is 1. The summed E-state index contributed by atoms with van der Waals surface area (Å²) in [5.41, 5.74) is 0.970. The summed E-state index contributed by atoms with van der Waals surface area (Å²) in [6.07, 6.45) is 0.265. The number of nitrogens with zero attached hydrogens (tertiary/aromatic N) is 2. The SMILES string of the molecule is Cc1ccc(C(=O)N2CCOC(CN(CC(=O)O)S(C)(=O)=O)C2)c(O)c1. The summed E-state index contributed by atoms with van der Waals surface area (Å²) in [5.74, 6) is -1.79. The van der Waals surface area contributed by atoms with Crippen molar-refractivity contribution in [3.05, 3.63) is 29.3 Å². The number of aliphatic carboxylic acids is 1. The molecular formula is C16H22N2O7S. The normalized spacial score (nSPS) is 18.1. The molecule has 9 nitrogen and oxygen atoms in total. The quantitative estimate of drug-likeness (QED) is 0.699. The number of amides is 1. The number of benzene rings is 1. The molecular weight excluding hydrogens is 364 g/mol. The standard InChI is InChI=1S/C16H22N2O7S/c1-11-3-4-13(14(19)7-11)16(22)17-5-6-25-12(8-17)9-18(10-15(20)21)26(2,23)24/h3-4,7,12,19H,5-6,8-10H2,1-2H3,(H,20,21). The number of carboxylic acid groups (broad SMARTS) is 1. The van der Waals surface area contributed by atoms with Crippen LogP contribution in [0.2, 0.25) is 0 Å². The number of sulfonamides is 1. The van der Waals surface area contributed by atoms with Crippen molar-refractivity contribution in [3.8, 4) is 5.75 Å². The molecule has 1 aromatic rings. The third kappa shape index (κ3) is 5.16. The summed E-state index contributed by atoms with van der Waals surface area (Å²) in [6, 6.07) is 4.73. The predicted octanol–water partition coefficient (Wildman–Crippen LogP) is -0.112.